The highest BCUT2D eigenvalue weighted by atomic mass is 79.9. The molecule has 0 saturated carbocycles. The van der Waals surface area contributed by atoms with E-state index in [4.69, 9.17) is 0 Å². The summed E-state index contributed by atoms with van der Waals surface area (Å²) in [6.07, 6.45) is 1.72. The van der Waals surface area contributed by atoms with Crippen LogP contribution in [-0.4, -0.2) is 9.38 Å². The summed E-state index contributed by atoms with van der Waals surface area (Å²) >= 11 is 3.24. The van der Waals surface area contributed by atoms with Crippen molar-refractivity contribution in [2.75, 3.05) is 0 Å². The fourth-order valence-electron chi connectivity index (χ4n) is 1.02. The van der Waals surface area contributed by atoms with Crippen LogP contribution in [0.4, 0.5) is 0 Å². The number of fused-ring (bicyclic) bond motifs is 1. The highest BCUT2D eigenvalue weighted by molar-refractivity contribution is 9.10. The Hall–Kier alpha value is -1.03. The molecule has 0 fully saturated rings. The molecule has 2 aromatic heterocycles. The maximum absolute atomic E-state index is 11.1. The van der Waals surface area contributed by atoms with Gasteiger partial charge in [0.15, 0.2) is 0 Å². The van der Waals surface area contributed by atoms with E-state index in [-0.39, 0.29) is 5.69 Å². The number of aromatic amines is 1. The zero-order valence-corrected chi connectivity index (χ0v) is 7.13. The van der Waals surface area contributed by atoms with Gasteiger partial charge in [0.1, 0.15) is 4.60 Å². The molecule has 0 aliphatic carbocycles. The second kappa shape index (κ2) is 2.23. The minimum atomic E-state index is -0.118. The highest BCUT2D eigenvalue weighted by Crippen LogP contribution is 2.11. The molecule has 0 atom stereocenters. The quantitative estimate of drug-likeness (QED) is 0.705. The fraction of sp³-hybridized carbons (Fsp3) is 0. The van der Waals surface area contributed by atoms with Crippen LogP contribution in [0.15, 0.2) is 33.8 Å². The Morgan fingerprint density at radius 1 is 1.45 bits per heavy atom. The van der Waals surface area contributed by atoms with Crippen LogP contribution < -0.4 is 5.69 Å². The number of nitrogens with one attached hydrogen (secondary N) is 1. The lowest BCUT2D eigenvalue weighted by Gasteiger charge is -1.88. The second-order valence-corrected chi connectivity index (χ2v) is 2.99. The van der Waals surface area contributed by atoms with Gasteiger partial charge in [-0.2, -0.15) is 0 Å². The molecular formula is C7H5BrN2O. The van der Waals surface area contributed by atoms with E-state index in [9.17, 15) is 4.79 Å². The number of rotatable bonds is 0. The van der Waals surface area contributed by atoms with E-state index in [1.807, 2.05) is 18.2 Å². The monoisotopic (exact) mass is 212 g/mol. The summed E-state index contributed by atoms with van der Waals surface area (Å²) in [5, 5.41) is 0. The van der Waals surface area contributed by atoms with E-state index in [1.54, 1.807) is 10.6 Å². The van der Waals surface area contributed by atoms with E-state index in [0.717, 1.165) is 10.1 Å². The molecule has 0 aliphatic heterocycles. The van der Waals surface area contributed by atoms with Gasteiger partial charge < -0.3 is 0 Å². The minimum Gasteiger partial charge on any atom is -0.299 e. The Morgan fingerprint density at radius 2 is 2.27 bits per heavy atom. The van der Waals surface area contributed by atoms with E-state index >= 15 is 0 Å². The zero-order chi connectivity index (χ0) is 7.84. The van der Waals surface area contributed by atoms with Gasteiger partial charge in [-0.3, -0.25) is 9.38 Å². The van der Waals surface area contributed by atoms with E-state index in [1.165, 1.54) is 0 Å². The summed E-state index contributed by atoms with van der Waals surface area (Å²) in [5.41, 5.74) is 0.741. The van der Waals surface area contributed by atoms with Crippen LogP contribution >= 0.6 is 15.9 Å². The first-order valence-corrected chi connectivity index (χ1v) is 3.93. The highest BCUT2D eigenvalue weighted by Gasteiger charge is 2.00. The molecule has 0 radical (unpaired) electrons. The predicted molar refractivity (Wildman–Crippen MR) is 45.7 cm³/mol. The van der Waals surface area contributed by atoms with Crippen LogP contribution in [0.1, 0.15) is 0 Å². The maximum Gasteiger partial charge on any atom is 0.330 e. The van der Waals surface area contributed by atoms with Gasteiger partial charge in [0.25, 0.3) is 0 Å². The van der Waals surface area contributed by atoms with Crippen molar-refractivity contribution < 1.29 is 0 Å². The fourth-order valence-corrected chi connectivity index (χ4v) is 1.51. The Morgan fingerprint density at radius 3 is 3.00 bits per heavy atom. The van der Waals surface area contributed by atoms with Crippen LogP contribution in [0.2, 0.25) is 0 Å². The number of halogens is 1. The van der Waals surface area contributed by atoms with Gasteiger partial charge in [0, 0.05) is 6.20 Å². The lowest BCUT2D eigenvalue weighted by Crippen LogP contribution is -2.07. The lowest BCUT2D eigenvalue weighted by atomic mass is 10.4. The first-order chi connectivity index (χ1) is 5.29. The molecular weight excluding hydrogens is 208 g/mol. The molecule has 0 bridgehead atoms. The molecule has 3 nitrogen and oxygen atoms in total. The average molecular weight is 213 g/mol. The number of nitrogens with zero attached hydrogens (tertiary/aromatic N) is 1. The summed E-state index contributed by atoms with van der Waals surface area (Å²) in [4.78, 5) is 13.7. The third-order valence-corrected chi connectivity index (χ3v) is 2.12. The minimum absolute atomic E-state index is 0.118. The third-order valence-electron chi connectivity index (χ3n) is 1.52. The normalized spacial score (nSPS) is 10.6. The van der Waals surface area contributed by atoms with E-state index in [0.29, 0.717) is 0 Å². The summed E-state index contributed by atoms with van der Waals surface area (Å²) < 4.78 is 2.27. The van der Waals surface area contributed by atoms with E-state index in [2.05, 4.69) is 20.9 Å². The molecule has 0 unspecified atom stereocenters. The summed E-state index contributed by atoms with van der Waals surface area (Å²) in [7, 11) is 0. The van der Waals surface area contributed by atoms with Crippen molar-refractivity contribution in [3.8, 4) is 0 Å². The lowest BCUT2D eigenvalue weighted by molar-refractivity contribution is 1.06. The van der Waals surface area contributed by atoms with Gasteiger partial charge in [0.2, 0.25) is 0 Å². The van der Waals surface area contributed by atoms with Crippen molar-refractivity contribution in [3.63, 3.8) is 0 Å². The summed E-state index contributed by atoms with van der Waals surface area (Å²) in [6, 6.07) is 5.56. The topological polar surface area (TPSA) is 37.3 Å². The number of aromatic nitrogens is 2. The van der Waals surface area contributed by atoms with Gasteiger partial charge in [0.05, 0.1) is 5.52 Å². The zero-order valence-electron chi connectivity index (χ0n) is 5.54. The van der Waals surface area contributed by atoms with Crippen molar-refractivity contribution in [1.82, 2.24) is 9.38 Å². The Balaban J connectivity index is 3.07. The van der Waals surface area contributed by atoms with Crippen LogP contribution in [0, 0.1) is 0 Å². The molecule has 2 rings (SSSR count). The van der Waals surface area contributed by atoms with Gasteiger partial charge in [-0.25, -0.2) is 4.79 Å². The Kier molecular flexibility index (Phi) is 1.35. The molecule has 2 heterocycles. The number of pyridine rings is 1. The number of hydrogen-bond acceptors (Lipinski definition) is 1. The van der Waals surface area contributed by atoms with Crippen molar-refractivity contribution in [3.05, 3.63) is 39.5 Å². The largest absolute Gasteiger partial charge is 0.330 e. The third kappa shape index (κ3) is 0.903. The van der Waals surface area contributed by atoms with Gasteiger partial charge in [-0.15, -0.1) is 0 Å². The van der Waals surface area contributed by atoms with Crippen LogP contribution in [0.3, 0.4) is 0 Å². The molecule has 0 aromatic carbocycles. The molecule has 2 aromatic rings. The molecule has 4 heteroatoms. The molecule has 11 heavy (non-hydrogen) atoms. The first-order valence-electron chi connectivity index (χ1n) is 3.14. The number of hydrogen-bond donors (Lipinski definition) is 1. The average Bonchev–Trinajstić information content (AvgIpc) is 2.30. The van der Waals surface area contributed by atoms with Crippen molar-refractivity contribution >= 4 is 21.4 Å². The first kappa shape index (κ1) is 6.67. The molecule has 0 amide bonds. The molecule has 0 spiro atoms. The SMILES string of the molecule is O=c1[nH]c(Br)c2ccccn12. The smallest absolute Gasteiger partial charge is 0.299 e. The molecule has 1 N–H and O–H groups in total. The summed E-state index contributed by atoms with van der Waals surface area (Å²) in [6.45, 7) is 0. The molecule has 0 aliphatic rings. The standard InChI is InChI=1S/C7H5BrN2O/c8-6-5-3-1-2-4-10(5)7(11)9-6/h1-4H,(H,9,11). The second-order valence-electron chi connectivity index (χ2n) is 2.20. The van der Waals surface area contributed by atoms with Gasteiger partial charge >= 0.3 is 5.69 Å². The molecule has 0 saturated heterocycles. The number of H-pyrrole nitrogens is 1. The van der Waals surface area contributed by atoms with Crippen molar-refractivity contribution in [1.29, 1.82) is 0 Å². The van der Waals surface area contributed by atoms with Crippen LogP contribution in [0.25, 0.3) is 5.52 Å². The predicted octanol–water partition coefficient (Wildman–Crippen LogP) is 1.39. The van der Waals surface area contributed by atoms with Gasteiger partial charge in [-0.1, -0.05) is 6.07 Å². The number of imidazole rings is 1. The van der Waals surface area contributed by atoms with Crippen molar-refractivity contribution in [2.45, 2.75) is 0 Å². The van der Waals surface area contributed by atoms with Crippen LogP contribution in [0.5, 0.6) is 0 Å². The van der Waals surface area contributed by atoms with Crippen molar-refractivity contribution in [2.24, 2.45) is 0 Å². The Bertz CT molecular complexity index is 443. The molecule has 56 valence electrons. The summed E-state index contributed by atoms with van der Waals surface area (Å²) in [5.74, 6) is 0. The van der Waals surface area contributed by atoms with Crippen LogP contribution in [-0.2, 0) is 0 Å². The maximum atomic E-state index is 11.1. The van der Waals surface area contributed by atoms with Gasteiger partial charge in [-0.05, 0) is 28.1 Å². The Labute approximate surface area is 70.8 Å². The van der Waals surface area contributed by atoms with E-state index < -0.39 is 0 Å².